The third-order valence-electron chi connectivity index (χ3n) is 3.72. The van der Waals surface area contributed by atoms with Gasteiger partial charge in [-0.05, 0) is 24.3 Å². The van der Waals surface area contributed by atoms with Crippen molar-refractivity contribution in [3.05, 3.63) is 48.2 Å². The number of H-pyrrole nitrogens is 1. The summed E-state index contributed by atoms with van der Waals surface area (Å²) in [7, 11) is 0. The second-order valence-corrected chi connectivity index (χ2v) is 5.37. The van der Waals surface area contributed by atoms with Crippen LogP contribution in [0.15, 0.2) is 41.1 Å². The summed E-state index contributed by atoms with van der Waals surface area (Å²) < 4.78 is 10.2. The summed E-state index contributed by atoms with van der Waals surface area (Å²) in [5.74, 6) is -0.845. The van der Waals surface area contributed by atoms with Crippen LogP contribution in [0.2, 0.25) is 0 Å². The Morgan fingerprint density at radius 3 is 2.91 bits per heavy atom. The predicted octanol–water partition coefficient (Wildman–Crippen LogP) is 1.38. The van der Waals surface area contributed by atoms with Crippen LogP contribution in [0.4, 0.5) is 0 Å². The third-order valence-corrected chi connectivity index (χ3v) is 3.72. The fraction of sp³-hybridized carbons (Fsp3) is 0.312. The molecule has 1 N–H and O–H groups in total. The number of Topliss-reactive ketones (excluding diaryl/α,β-unsaturated/α-hetero) is 1. The monoisotopic (exact) mass is 316 g/mol. The molecule has 1 amide bonds. The SMILES string of the molecule is O=C(COC(=O)C1CC(=O)N(Cc2ccco2)C1)c1ccc[nH]1. The molecule has 3 rings (SSSR count). The number of aromatic amines is 1. The Hall–Kier alpha value is -2.83. The molecule has 1 saturated heterocycles. The zero-order valence-corrected chi connectivity index (χ0v) is 12.4. The van der Waals surface area contributed by atoms with Crippen molar-refractivity contribution in [1.29, 1.82) is 0 Å². The van der Waals surface area contributed by atoms with E-state index in [0.29, 0.717) is 18.0 Å². The van der Waals surface area contributed by atoms with Crippen LogP contribution in [-0.2, 0) is 20.9 Å². The summed E-state index contributed by atoms with van der Waals surface area (Å²) in [4.78, 5) is 40.0. The van der Waals surface area contributed by atoms with Crippen LogP contribution in [0.25, 0.3) is 0 Å². The van der Waals surface area contributed by atoms with E-state index in [0.717, 1.165) is 0 Å². The molecule has 2 aromatic heterocycles. The van der Waals surface area contributed by atoms with E-state index in [2.05, 4.69) is 4.98 Å². The molecule has 0 aromatic carbocycles. The number of esters is 1. The first kappa shape index (κ1) is 15.1. The topological polar surface area (TPSA) is 92.6 Å². The van der Waals surface area contributed by atoms with Gasteiger partial charge in [0.15, 0.2) is 6.61 Å². The molecule has 3 heterocycles. The van der Waals surface area contributed by atoms with Crippen LogP contribution in [0, 0.1) is 5.92 Å². The molecular formula is C16H16N2O5. The summed E-state index contributed by atoms with van der Waals surface area (Å²) in [6.07, 6.45) is 3.25. The number of rotatable bonds is 6. The minimum Gasteiger partial charge on any atom is -0.467 e. The zero-order chi connectivity index (χ0) is 16.2. The normalized spacial score (nSPS) is 17.5. The van der Waals surface area contributed by atoms with Crippen LogP contribution in [0.1, 0.15) is 22.7 Å². The number of carbonyl (C=O) groups excluding carboxylic acids is 3. The first-order valence-corrected chi connectivity index (χ1v) is 7.27. The summed E-state index contributed by atoms with van der Waals surface area (Å²) in [5, 5.41) is 0. The number of furan rings is 1. The van der Waals surface area contributed by atoms with E-state index in [9.17, 15) is 14.4 Å². The van der Waals surface area contributed by atoms with Crippen molar-refractivity contribution in [2.24, 2.45) is 5.92 Å². The Bertz CT molecular complexity index is 690. The second kappa shape index (κ2) is 6.51. The van der Waals surface area contributed by atoms with E-state index < -0.39 is 11.9 Å². The molecule has 1 atom stereocenters. The number of ether oxygens (including phenoxy) is 1. The molecule has 1 unspecified atom stereocenters. The molecule has 120 valence electrons. The Kier molecular flexibility index (Phi) is 4.27. The van der Waals surface area contributed by atoms with Crippen molar-refractivity contribution < 1.29 is 23.5 Å². The van der Waals surface area contributed by atoms with Crippen LogP contribution < -0.4 is 0 Å². The van der Waals surface area contributed by atoms with Crippen molar-refractivity contribution in [3.8, 4) is 0 Å². The predicted molar refractivity (Wildman–Crippen MR) is 78.3 cm³/mol. The molecule has 7 nitrogen and oxygen atoms in total. The van der Waals surface area contributed by atoms with Crippen LogP contribution in [0.3, 0.4) is 0 Å². The summed E-state index contributed by atoms with van der Waals surface area (Å²) in [5.41, 5.74) is 0.389. The maximum Gasteiger partial charge on any atom is 0.311 e. The number of nitrogens with zero attached hydrogens (tertiary/aromatic N) is 1. The number of aromatic nitrogens is 1. The lowest BCUT2D eigenvalue weighted by Crippen LogP contribution is -2.27. The maximum absolute atomic E-state index is 12.0. The highest BCUT2D eigenvalue weighted by molar-refractivity contribution is 5.96. The highest BCUT2D eigenvalue weighted by Crippen LogP contribution is 2.21. The van der Waals surface area contributed by atoms with E-state index >= 15 is 0 Å². The average molecular weight is 316 g/mol. The highest BCUT2D eigenvalue weighted by Gasteiger charge is 2.35. The fourth-order valence-corrected chi connectivity index (χ4v) is 2.51. The largest absolute Gasteiger partial charge is 0.467 e. The van der Waals surface area contributed by atoms with Gasteiger partial charge in [-0.1, -0.05) is 0 Å². The van der Waals surface area contributed by atoms with E-state index in [-0.39, 0.29) is 31.3 Å². The van der Waals surface area contributed by atoms with Gasteiger partial charge in [0, 0.05) is 19.2 Å². The van der Waals surface area contributed by atoms with Crippen LogP contribution in [0.5, 0.6) is 0 Å². The van der Waals surface area contributed by atoms with Crippen molar-refractivity contribution >= 4 is 17.7 Å². The highest BCUT2D eigenvalue weighted by atomic mass is 16.5. The quantitative estimate of drug-likeness (QED) is 0.642. The molecule has 0 radical (unpaired) electrons. The van der Waals surface area contributed by atoms with Crippen LogP contribution in [-0.4, -0.2) is 40.7 Å². The minimum absolute atomic E-state index is 0.0935. The van der Waals surface area contributed by atoms with Crippen molar-refractivity contribution in [2.45, 2.75) is 13.0 Å². The third kappa shape index (κ3) is 3.50. The van der Waals surface area contributed by atoms with Gasteiger partial charge in [0.25, 0.3) is 0 Å². The molecule has 2 aromatic rings. The Balaban J connectivity index is 1.50. The van der Waals surface area contributed by atoms with E-state index in [1.165, 1.54) is 6.26 Å². The van der Waals surface area contributed by atoms with Gasteiger partial charge in [-0.3, -0.25) is 14.4 Å². The molecule has 1 aliphatic heterocycles. The van der Waals surface area contributed by atoms with Gasteiger partial charge >= 0.3 is 5.97 Å². The number of hydrogen-bond acceptors (Lipinski definition) is 5. The average Bonchev–Trinajstić information content (AvgIpc) is 3.27. The number of amides is 1. The van der Waals surface area contributed by atoms with Crippen molar-refractivity contribution in [2.75, 3.05) is 13.2 Å². The number of carbonyl (C=O) groups is 3. The Morgan fingerprint density at radius 2 is 2.22 bits per heavy atom. The number of hydrogen-bond donors (Lipinski definition) is 1. The summed E-state index contributed by atoms with van der Waals surface area (Å²) in [6, 6.07) is 6.82. The molecule has 0 aliphatic carbocycles. The molecule has 0 saturated carbocycles. The first-order chi connectivity index (χ1) is 11.1. The number of nitrogens with one attached hydrogen (secondary N) is 1. The van der Waals surface area contributed by atoms with Gasteiger partial charge < -0.3 is 19.0 Å². The minimum atomic E-state index is -0.547. The summed E-state index contributed by atoms with van der Waals surface area (Å²) in [6.45, 7) is 0.272. The Morgan fingerprint density at radius 1 is 1.35 bits per heavy atom. The molecule has 1 fully saturated rings. The maximum atomic E-state index is 12.0. The van der Waals surface area contributed by atoms with Gasteiger partial charge in [0.2, 0.25) is 11.7 Å². The molecule has 7 heteroatoms. The van der Waals surface area contributed by atoms with Gasteiger partial charge in [-0.15, -0.1) is 0 Å². The first-order valence-electron chi connectivity index (χ1n) is 7.27. The standard InChI is InChI=1S/C16H16N2O5/c19-14(13-4-1-5-17-13)10-23-16(21)11-7-15(20)18(8-11)9-12-3-2-6-22-12/h1-6,11,17H,7-10H2. The van der Waals surface area contributed by atoms with Gasteiger partial charge in [0.1, 0.15) is 5.76 Å². The van der Waals surface area contributed by atoms with Crippen molar-refractivity contribution in [3.63, 3.8) is 0 Å². The molecular weight excluding hydrogens is 300 g/mol. The molecule has 23 heavy (non-hydrogen) atoms. The smallest absolute Gasteiger partial charge is 0.311 e. The van der Waals surface area contributed by atoms with Gasteiger partial charge in [-0.2, -0.15) is 0 Å². The van der Waals surface area contributed by atoms with Gasteiger partial charge in [-0.25, -0.2) is 0 Å². The number of ketones is 1. The number of likely N-dealkylation sites (tertiary alicyclic amines) is 1. The Labute approximate surface area is 132 Å². The van der Waals surface area contributed by atoms with Crippen molar-refractivity contribution in [1.82, 2.24) is 9.88 Å². The van der Waals surface area contributed by atoms with Gasteiger partial charge in [0.05, 0.1) is 24.4 Å². The fourth-order valence-electron chi connectivity index (χ4n) is 2.51. The molecule has 0 bridgehead atoms. The van der Waals surface area contributed by atoms with E-state index in [4.69, 9.17) is 9.15 Å². The molecule has 1 aliphatic rings. The second-order valence-electron chi connectivity index (χ2n) is 5.37. The lowest BCUT2D eigenvalue weighted by atomic mass is 10.1. The molecule has 0 spiro atoms. The zero-order valence-electron chi connectivity index (χ0n) is 12.4. The van der Waals surface area contributed by atoms with E-state index in [1.54, 1.807) is 35.4 Å². The lowest BCUT2D eigenvalue weighted by Gasteiger charge is -2.14. The lowest BCUT2D eigenvalue weighted by molar-refractivity contribution is -0.147. The van der Waals surface area contributed by atoms with Crippen LogP contribution >= 0.6 is 0 Å². The van der Waals surface area contributed by atoms with E-state index in [1.807, 2.05) is 0 Å². The summed E-state index contributed by atoms with van der Waals surface area (Å²) >= 11 is 0.